The van der Waals surface area contributed by atoms with E-state index in [1.807, 2.05) is 25.1 Å². The zero-order chi connectivity index (χ0) is 16.5. The van der Waals surface area contributed by atoms with Crippen molar-refractivity contribution in [3.63, 3.8) is 0 Å². The first kappa shape index (κ1) is 17.6. The molecule has 1 saturated heterocycles. The molecule has 0 spiro atoms. The Hall–Kier alpha value is -1.75. The number of aliphatic hydroxyl groups excluding tert-OH is 1. The second-order valence-corrected chi connectivity index (χ2v) is 6.37. The fourth-order valence-corrected chi connectivity index (χ4v) is 2.92. The van der Waals surface area contributed by atoms with E-state index < -0.39 is 0 Å². The molecule has 1 fully saturated rings. The van der Waals surface area contributed by atoms with E-state index in [2.05, 4.69) is 21.6 Å². The Morgan fingerprint density at radius 3 is 2.61 bits per heavy atom. The number of aliphatic hydroxyl groups is 1. The maximum Gasteiger partial charge on any atom is 0.319 e. The van der Waals surface area contributed by atoms with E-state index in [1.54, 1.807) is 0 Å². The number of carbonyl (C=O) groups is 1. The van der Waals surface area contributed by atoms with Crippen molar-refractivity contribution in [3.05, 3.63) is 24.3 Å². The first-order valence-corrected chi connectivity index (χ1v) is 8.70. The number of nitrogens with zero attached hydrogens (tertiary/aromatic N) is 1. The number of carbonyl (C=O) groups excluding carboxylic acids is 1. The average molecular weight is 319 g/mol. The molecule has 0 aliphatic carbocycles. The second kappa shape index (κ2) is 9.40. The number of hydrogen-bond donors (Lipinski definition) is 3. The van der Waals surface area contributed by atoms with E-state index in [9.17, 15) is 4.79 Å². The molecule has 3 N–H and O–H groups in total. The van der Waals surface area contributed by atoms with Crippen LogP contribution in [0.5, 0.6) is 0 Å². The molecular weight excluding hydrogens is 290 g/mol. The van der Waals surface area contributed by atoms with Crippen LogP contribution >= 0.6 is 0 Å². The summed E-state index contributed by atoms with van der Waals surface area (Å²) in [5.41, 5.74) is 1.97. The lowest BCUT2D eigenvalue weighted by molar-refractivity contribution is 0.243. The molecule has 1 aromatic rings. The smallest absolute Gasteiger partial charge is 0.319 e. The monoisotopic (exact) mass is 319 g/mol. The van der Waals surface area contributed by atoms with Crippen LogP contribution in [-0.4, -0.2) is 37.4 Å². The second-order valence-electron chi connectivity index (χ2n) is 6.37. The van der Waals surface area contributed by atoms with Gasteiger partial charge >= 0.3 is 6.03 Å². The zero-order valence-electron chi connectivity index (χ0n) is 14.1. The maximum absolute atomic E-state index is 12.1. The number of nitrogens with one attached hydrogen (secondary N) is 2. The lowest BCUT2D eigenvalue weighted by atomic mass is 10.1. The Labute approximate surface area is 139 Å². The summed E-state index contributed by atoms with van der Waals surface area (Å²) in [5.74, 6) is 0.270. The van der Waals surface area contributed by atoms with Gasteiger partial charge in [-0.25, -0.2) is 4.79 Å². The topological polar surface area (TPSA) is 64.6 Å². The quantitative estimate of drug-likeness (QED) is 0.754. The summed E-state index contributed by atoms with van der Waals surface area (Å²) in [4.78, 5) is 14.5. The van der Waals surface area contributed by atoms with Crippen LogP contribution in [0.25, 0.3) is 0 Å². The molecular formula is C18H29N3O2. The number of rotatable bonds is 6. The molecule has 5 nitrogen and oxygen atoms in total. The molecule has 1 aliphatic heterocycles. The molecule has 2 amide bonds. The Kier molecular flexibility index (Phi) is 7.20. The van der Waals surface area contributed by atoms with Gasteiger partial charge in [-0.2, -0.15) is 0 Å². The Bertz CT molecular complexity index is 485. The maximum atomic E-state index is 12.1. The van der Waals surface area contributed by atoms with Crippen LogP contribution < -0.4 is 15.5 Å². The summed E-state index contributed by atoms with van der Waals surface area (Å²) in [7, 11) is 0. The highest BCUT2D eigenvalue weighted by Gasteiger charge is 2.14. The van der Waals surface area contributed by atoms with E-state index in [0.29, 0.717) is 13.0 Å². The van der Waals surface area contributed by atoms with Crippen LogP contribution in [0.4, 0.5) is 16.2 Å². The molecule has 0 aromatic heterocycles. The number of para-hydroxylation sites is 2. The van der Waals surface area contributed by atoms with Gasteiger partial charge in [0.1, 0.15) is 0 Å². The minimum atomic E-state index is -0.183. The number of benzene rings is 1. The number of hydrogen-bond acceptors (Lipinski definition) is 3. The molecule has 1 heterocycles. The van der Waals surface area contributed by atoms with Crippen molar-refractivity contribution in [1.82, 2.24) is 5.32 Å². The molecule has 1 aliphatic rings. The van der Waals surface area contributed by atoms with Crippen molar-refractivity contribution in [2.45, 2.75) is 39.0 Å². The van der Waals surface area contributed by atoms with E-state index >= 15 is 0 Å². The van der Waals surface area contributed by atoms with Crippen molar-refractivity contribution in [2.24, 2.45) is 5.92 Å². The van der Waals surface area contributed by atoms with Gasteiger partial charge in [-0.1, -0.05) is 31.9 Å². The molecule has 23 heavy (non-hydrogen) atoms. The van der Waals surface area contributed by atoms with Crippen LogP contribution in [0, 0.1) is 5.92 Å². The van der Waals surface area contributed by atoms with Crippen LogP contribution in [0.1, 0.15) is 39.0 Å². The average Bonchev–Trinajstić information content (AvgIpc) is 2.83. The highest BCUT2D eigenvalue weighted by atomic mass is 16.3. The summed E-state index contributed by atoms with van der Waals surface area (Å²) in [6.07, 6.45) is 5.69. The van der Waals surface area contributed by atoms with Gasteiger partial charge < -0.3 is 20.6 Å². The SMILES string of the molecule is CC(CCO)CNC(=O)Nc1ccccc1N1CCCCCC1. The van der Waals surface area contributed by atoms with Gasteiger partial charge in [-0.3, -0.25) is 0 Å². The summed E-state index contributed by atoms with van der Waals surface area (Å²) in [6, 6.07) is 7.82. The van der Waals surface area contributed by atoms with E-state index in [-0.39, 0.29) is 18.6 Å². The van der Waals surface area contributed by atoms with Crippen LogP contribution in [0.2, 0.25) is 0 Å². The van der Waals surface area contributed by atoms with E-state index in [4.69, 9.17) is 5.11 Å². The summed E-state index contributed by atoms with van der Waals surface area (Å²) < 4.78 is 0. The third kappa shape index (κ3) is 5.75. The zero-order valence-corrected chi connectivity index (χ0v) is 14.1. The predicted octanol–water partition coefficient (Wildman–Crippen LogP) is 3.21. The Morgan fingerprint density at radius 1 is 1.22 bits per heavy atom. The number of urea groups is 1. The lowest BCUT2D eigenvalue weighted by Crippen LogP contribution is -2.33. The number of anilines is 2. The van der Waals surface area contributed by atoms with Crippen molar-refractivity contribution in [3.8, 4) is 0 Å². The lowest BCUT2D eigenvalue weighted by Gasteiger charge is -2.25. The van der Waals surface area contributed by atoms with Crippen molar-refractivity contribution >= 4 is 17.4 Å². The predicted molar refractivity (Wildman–Crippen MR) is 95.0 cm³/mol. The van der Waals surface area contributed by atoms with Crippen LogP contribution in [-0.2, 0) is 0 Å². The van der Waals surface area contributed by atoms with Gasteiger partial charge in [0.15, 0.2) is 0 Å². The summed E-state index contributed by atoms with van der Waals surface area (Å²) in [6.45, 7) is 4.84. The van der Waals surface area contributed by atoms with Crippen LogP contribution in [0.3, 0.4) is 0 Å². The molecule has 1 unspecified atom stereocenters. The van der Waals surface area contributed by atoms with Gasteiger partial charge in [0.2, 0.25) is 0 Å². The highest BCUT2D eigenvalue weighted by molar-refractivity contribution is 5.93. The molecule has 128 valence electrons. The highest BCUT2D eigenvalue weighted by Crippen LogP contribution is 2.27. The molecule has 0 radical (unpaired) electrons. The molecule has 0 saturated carbocycles. The van der Waals surface area contributed by atoms with Gasteiger partial charge in [-0.15, -0.1) is 0 Å². The molecule has 1 aromatic carbocycles. The van der Waals surface area contributed by atoms with Gasteiger partial charge in [0.05, 0.1) is 11.4 Å². The minimum absolute atomic E-state index is 0.155. The standard InChI is InChI=1S/C18H29N3O2/c1-15(10-13-22)14-19-18(23)20-16-8-4-5-9-17(16)21-11-6-2-3-7-12-21/h4-5,8-9,15,22H,2-3,6-7,10-14H2,1H3,(H2,19,20,23). The van der Waals surface area contributed by atoms with E-state index in [0.717, 1.165) is 24.5 Å². The fourth-order valence-electron chi connectivity index (χ4n) is 2.92. The molecule has 2 rings (SSSR count). The summed E-state index contributed by atoms with van der Waals surface area (Å²) >= 11 is 0. The van der Waals surface area contributed by atoms with Crippen molar-refractivity contribution < 1.29 is 9.90 Å². The summed E-state index contributed by atoms with van der Waals surface area (Å²) in [5, 5.41) is 14.8. The first-order valence-electron chi connectivity index (χ1n) is 8.70. The first-order chi connectivity index (χ1) is 11.2. The fraction of sp³-hybridized carbons (Fsp3) is 0.611. The molecule has 1 atom stereocenters. The van der Waals surface area contributed by atoms with Crippen LogP contribution in [0.15, 0.2) is 24.3 Å². The third-order valence-electron chi connectivity index (χ3n) is 4.33. The Balaban J connectivity index is 1.95. The van der Waals surface area contributed by atoms with Crippen molar-refractivity contribution in [2.75, 3.05) is 36.5 Å². The molecule has 0 bridgehead atoms. The van der Waals surface area contributed by atoms with Gasteiger partial charge in [0, 0.05) is 26.2 Å². The van der Waals surface area contributed by atoms with Crippen molar-refractivity contribution in [1.29, 1.82) is 0 Å². The van der Waals surface area contributed by atoms with E-state index in [1.165, 1.54) is 25.7 Å². The normalized spacial score (nSPS) is 16.5. The van der Waals surface area contributed by atoms with Gasteiger partial charge in [0.25, 0.3) is 0 Å². The molecule has 5 heteroatoms. The number of amides is 2. The Morgan fingerprint density at radius 2 is 1.91 bits per heavy atom. The largest absolute Gasteiger partial charge is 0.396 e. The minimum Gasteiger partial charge on any atom is -0.396 e. The van der Waals surface area contributed by atoms with Gasteiger partial charge in [-0.05, 0) is 37.3 Å². The third-order valence-corrected chi connectivity index (χ3v) is 4.33.